The number of allylic oxidation sites excluding steroid dienone is 1. The van der Waals surface area contributed by atoms with Crippen molar-refractivity contribution in [2.75, 3.05) is 18.0 Å². The number of rotatable bonds is 2. The highest BCUT2D eigenvalue weighted by Gasteiger charge is 2.34. The summed E-state index contributed by atoms with van der Waals surface area (Å²) < 4.78 is 40.3. The van der Waals surface area contributed by atoms with Gasteiger partial charge in [-0.25, -0.2) is 9.67 Å². The van der Waals surface area contributed by atoms with Crippen LogP contribution >= 0.6 is 0 Å². The number of carbonyl (C=O) groups is 1. The van der Waals surface area contributed by atoms with E-state index < -0.39 is 17.6 Å². The van der Waals surface area contributed by atoms with Gasteiger partial charge in [-0.3, -0.25) is 14.7 Å². The van der Waals surface area contributed by atoms with Crippen molar-refractivity contribution >= 4 is 23.6 Å². The number of aromatic nitrogens is 3. The average Bonchev–Trinajstić information content (AvgIpc) is 3.07. The van der Waals surface area contributed by atoms with Crippen LogP contribution in [-0.4, -0.2) is 40.0 Å². The standard InChI is InChI=1S/C17H14F3N5O/c18-17(19,20)11-3-6-22-15(8-11)24-7-4-14-13(16(24)26)10-25(23-14)12-2-1-5-21-9-12/h2-3,6,8-10H,1,4-5,7H2. The first kappa shape index (κ1) is 16.5. The predicted molar refractivity (Wildman–Crippen MR) is 89.1 cm³/mol. The molecule has 0 radical (unpaired) electrons. The number of fused-ring (bicyclic) bond motifs is 1. The summed E-state index contributed by atoms with van der Waals surface area (Å²) in [6.07, 6.45) is 3.08. The maximum atomic E-state index is 12.9. The van der Waals surface area contributed by atoms with Crippen molar-refractivity contribution in [1.82, 2.24) is 14.8 Å². The maximum Gasteiger partial charge on any atom is 0.416 e. The van der Waals surface area contributed by atoms with Gasteiger partial charge in [0.15, 0.2) is 0 Å². The summed E-state index contributed by atoms with van der Waals surface area (Å²) in [5.41, 5.74) is 0.941. The fourth-order valence-corrected chi connectivity index (χ4v) is 2.98. The molecule has 0 spiro atoms. The van der Waals surface area contributed by atoms with Gasteiger partial charge in [0.1, 0.15) is 5.82 Å². The van der Waals surface area contributed by atoms with Gasteiger partial charge >= 0.3 is 6.18 Å². The summed E-state index contributed by atoms with van der Waals surface area (Å²) in [5.74, 6) is -0.417. The van der Waals surface area contributed by atoms with Gasteiger partial charge in [0.25, 0.3) is 5.91 Å². The lowest BCUT2D eigenvalue weighted by atomic mass is 10.1. The molecular formula is C17H14F3N5O. The largest absolute Gasteiger partial charge is 0.416 e. The van der Waals surface area contributed by atoms with Gasteiger partial charge in [-0.05, 0) is 18.6 Å². The molecule has 0 aliphatic carbocycles. The van der Waals surface area contributed by atoms with Crippen LogP contribution in [0.25, 0.3) is 5.70 Å². The van der Waals surface area contributed by atoms with E-state index in [1.807, 2.05) is 6.08 Å². The van der Waals surface area contributed by atoms with Gasteiger partial charge < -0.3 is 0 Å². The summed E-state index contributed by atoms with van der Waals surface area (Å²) in [6, 6.07) is 1.78. The Hall–Kier alpha value is -2.97. The Bertz CT molecular complexity index is 929. The van der Waals surface area contributed by atoms with Crippen molar-refractivity contribution in [3.05, 3.63) is 47.4 Å². The molecule has 2 aromatic rings. The first-order valence-electron chi connectivity index (χ1n) is 8.07. The molecule has 2 aromatic heterocycles. The molecule has 9 heteroatoms. The van der Waals surface area contributed by atoms with Gasteiger partial charge in [0.05, 0.1) is 22.5 Å². The molecule has 0 bridgehead atoms. The third-order valence-corrected chi connectivity index (χ3v) is 4.29. The quantitative estimate of drug-likeness (QED) is 0.826. The number of carbonyl (C=O) groups excluding carboxylic acids is 1. The van der Waals surface area contributed by atoms with Crippen LogP contribution in [0, 0.1) is 0 Å². The van der Waals surface area contributed by atoms with Gasteiger partial charge in [-0.2, -0.15) is 18.3 Å². The van der Waals surface area contributed by atoms with E-state index in [2.05, 4.69) is 15.1 Å². The lowest BCUT2D eigenvalue weighted by molar-refractivity contribution is -0.137. The molecule has 1 amide bonds. The number of anilines is 1. The zero-order valence-corrected chi connectivity index (χ0v) is 13.6. The minimum Gasteiger partial charge on any atom is -0.292 e. The van der Waals surface area contributed by atoms with Gasteiger partial charge in [-0.15, -0.1) is 0 Å². The van der Waals surface area contributed by atoms with Crippen molar-refractivity contribution in [3.8, 4) is 0 Å². The number of alkyl halides is 3. The Morgan fingerprint density at radius 2 is 2.08 bits per heavy atom. The van der Waals surface area contributed by atoms with Crippen molar-refractivity contribution in [1.29, 1.82) is 0 Å². The molecule has 0 saturated heterocycles. The molecule has 0 unspecified atom stereocenters. The highest BCUT2D eigenvalue weighted by Crippen LogP contribution is 2.32. The molecular weight excluding hydrogens is 347 g/mol. The monoisotopic (exact) mass is 361 g/mol. The van der Waals surface area contributed by atoms with E-state index in [-0.39, 0.29) is 12.4 Å². The van der Waals surface area contributed by atoms with Crippen LogP contribution in [0.2, 0.25) is 0 Å². The fourth-order valence-electron chi connectivity index (χ4n) is 2.98. The van der Waals surface area contributed by atoms with Gasteiger partial charge in [0.2, 0.25) is 0 Å². The van der Waals surface area contributed by atoms with E-state index in [1.165, 1.54) is 4.90 Å². The summed E-state index contributed by atoms with van der Waals surface area (Å²) in [5, 5.41) is 4.42. The number of hydrogen-bond acceptors (Lipinski definition) is 4. The van der Waals surface area contributed by atoms with Crippen molar-refractivity contribution in [2.45, 2.75) is 19.0 Å². The van der Waals surface area contributed by atoms with Crippen LogP contribution in [0.1, 0.15) is 28.0 Å². The van der Waals surface area contributed by atoms with E-state index in [4.69, 9.17) is 0 Å². The van der Waals surface area contributed by atoms with Gasteiger partial charge in [0, 0.05) is 38.1 Å². The molecule has 26 heavy (non-hydrogen) atoms. The van der Waals surface area contributed by atoms with E-state index in [0.717, 1.165) is 37.0 Å². The van der Waals surface area contributed by atoms with E-state index in [0.29, 0.717) is 17.7 Å². The van der Waals surface area contributed by atoms with E-state index in [1.54, 1.807) is 17.1 Å². The number of nitrogens with zero attached hydrogens (tertiary/aromatic N) is 5. The number of dihydropyridines is 1. The summed E-state index contributed by atoms with van der Waals surface area (Å²) in [4.78, 5) is 22.2. The van der Waals surface area contributed by atoms with Crippen LogP contribution in [0.3, 0.4) is 0 Å². The number of pyridine rings is 1. The zero-order chi connectivity index (χ0) is 18.3. The fraction of sp³-hybridized carbons (Fsp3) is 0.294. The molecule has 0 fully saturated rings. The number of hydrogen-bond donors (Lipinski definition) is 0. The average molecular weight is 361 g/mol. The Morgan fingerprint density at radius 1 is 1.23 bits per heavy atom. The Labute approximate surface area is 146 Å². The Balaban J connectivity index is 1.65. The molecule has 6 nitrogen and oxygen atoms in total. The highest BCUT2D eigenvalue weighted by molar-refractivity contribution is 6.08. The predicted octanol–water partition coefficient (Wildman–Crippen LogP) is 2.82. The second-order valence-electron chi connectivity index (χ2n) is 5.99. The SMILES string of the molecule is O=C1c2cn(C3=CCCN=C3)nc2CCN1c1cc(C(F)(F)F)ccn1. The molecule has 134 valence electrons. The Morgan fingerprint density at radius 3 is 2.81 bits per heavy atom. The topological polar surface area (TPSA) is 63.4 Å². The normalized spacial score (nSPS) is 17.3. The summed E-state index contributed by atoms with van der Waals surface area (Å²) in [7, 11) is 0. The van der Waals surface area contributed by atoms with Crippen LogP contribution in [0.4, 0.5) is 19.0 Å². The molecule has 4 rings (SSSR count). The molecule has 4 heterocycles. The minimum atomic E-state index is -4.49. The lowest BCUT2D eigenvalue weighted by Gasteiger charge is -2.25. The molecule has 0 atom stereocenters. The number of halogens is 3. The molecule has 2 aliphatic heterocycles. The summed E-state index contributed by atoms with van der Waals surface area (Å²) in [6.45, 7) is 0.947. The number of aliphatic imine (C=N–C) groups is 1. The minimum absolute atomic E-state index is 0.0123. The van der Waals surface area contributed by atoms with Crippen LogP contribution in [0.15, 0.2) is 35.6 Å². The van der Waals surface area contributed by atoms with Crippen molar-refractivity contribution < 1.29 is 18.0 Å². The molecule has 0 aromatic carbocycles. The first-order chi connectivity index (χ1) is 12.4. The smallest absolute Gasteiger partial charge is 0.292 e. The Kier molecular flexibility index (Phi) is 3.86. The van der Waals surface area contributed by atoms with Crippen LogP contribution < -0.4 is 4.90 Å². The first-order valence-corrected chi connectivity index (χ1v) is 8.07. The third kappa shape index (κ3) is 2.89. The van der Waals surface area contributed by atoms with Crippen LogP contribution in [0.5, 0.6) is 0 Å². The van der Waals surface area contributed by atoms with Crippen LogP contribution in [-0.2, 0) is 12.6 Å². The number of amides is 1. The van der Waals surface area contributed by atoms with E-state index >= 15 is 0 Å². The third-order valence-electron chi connectivity index (χ3n) is 4.29. The molecule has 0 N–H and O–H groups in total. The second-order valence-corrected chi connectivity index (χ2v) is 5.99. The van der Waals surface area contributed by atoms with Crippen molar-refractivity contribution in [3.63, 3.8) is 0 Å². The van der Waals surface area contributed by atoms with Crippen molar-refractivity contribution in [2.24, 2.45) is 4.99 Å². The van der Waals surface area contributed by atoms with E-state index in [9.17, 15) is 18.0 Å². The maximum absolute atomic E-state index is 12.9. The zero-order valence-electron chi connectivity index (χ0n) is 13.6. The second kappa shape index (κ2) is 6.08. The molecule has 2 aliphatic rings. The highest BCUT2D eigenvalue weighted by atomic mass is 19.4. The summed E-state index contributed by atoms with van der Waals surface area (Å²) >= 11 is 0. The lowest BCUT2D eigenvalue weighted by Crippen LogP contribution is -2.38. The molecule has 0 saturated carbocycles. The van der Waals surface area contributed by atoms with Gasteiger partial charge in [-0.1, -0.05) is 6.08 Å².